The molecule has 1 saturated heterocycles. The number of amides is 2. The lowest BCUT2D eigenvalue weighted by molar-refractivity contribution is -0.138. The highest BCUT2D eigenvalue weighted by molar-refractivity contribution is 7.13. The van der Waals surface area contributed by atoms with Crippen LogP contribution >= 0.6 is 11.3 Å². The Balaban J connectivity index is 1.49. The fraction of sp³-hybridized carbons (Fsp3) is 0.467. The van der Waals surface area contributed by atoms with Gasteiger partial charge in [0.15, 0.2) is 0 Å². The maximum absolute atomic E-state index is 12.2. The van der Waals surface area contributed by atoms with Crippen molar-refractivity contribution in [3.8, 4) is 10.7 Å². The van der Waals surface area contributed by atoms with Crippen LogP contribution in [0.25, 0.3) is 10.7 Å². The molecule has 1 aliphatic heterocycles. The Morgan fingerprint density at radius 2 is 2.00 bits per heavy atom. The SMILES string of the molecule is CC(=O)N1CCN(C(=O)CCc2nc(-c3cccs3)no2)CC1. The summed E-state index contributed by atoms with van der Waals surface area (Å²) < 4.78 is 5.20. The molecule has 0 aliphatic carbocycles. The van der Waals surface area contributed by atoms with Crippen molar-refractivity contribution >= 4 is 23.2 Å². The minimum Gasteiger partial charge on any atom is -0.339 e. The number of piperazine rings is 1. The Morgan fingerprint density at radius 3 is 2.65 bits per heavy atom. The first-order valence-corrected chi connectivity index (χ1v) is 8.41. The lowest BCUT2D eigenvalue weighted by Gasteiger charge is -2.34. The third kappa shape index (κ3) is 3.76. The predicted molar refractivity (Wildman–Crippen MR) is 84.8 cm³/mol. The second-order valence-electron chi connectivity index (χ2n) is 5.38. The van der Waals surface area contributed by atoms with Crippen molar-refractivity contribution in [3.05, 3.63) is 23.4 Å². The van der Waals surface area contributed by atoms with Crippen LogP contribution in [0.1, 0.15) is 19.2 Å². The Kier molecular flexibility index (Phi) is 4.71. The second kappa shape index (κ2) is 6.91. The Bertz CT molecular complexity index is 675. The van der Waals surface area contributed by atoms with E-state index in [0.717, 1.165) is 4.88 Å². The second-order valence-corrected chi connectivity index (χ2v) is 6.32. The molecule has 2 aromatic heterocycles. The topological polar surface area (TPSA) is 79.5 Å². The fourth-order valence-corrected chi connectivity index (χ4v) is 3.15. The predicted octanol–water partition coefficient (Wildman–Crippen LogP) is 1.42. The molecule has 0 unspecified atom stereocenters. The lowest BCUT2D eigenvalue weighted by Crippen LogP contribution is -2.50. The standard InChI is InChI=1S/C15H18N4O3S/c1-11(20)18-6-8-19(9-7-18)14(21)5-4-13-16-15(17-22-13)12-3-2-10-23-12/h2-3,10H,4-9H2,1H3. The van der Waals surface area contributed by atoms with Crippen molar-refractivity contribution in [1.29, 1.82) is 0 Å². The van der Waals surface area contributed by atoms with Gasteiger partial charge in [-0.1, -0.05) is 11.2 Å². The van der Waals surface area contributed by atoms with Gasteiger partial charge in [-0.25, -0.2) is 0 Å². The van der Waals surface area contributed by atoms with Gasteiger partial charge in [0.1, 0.15) is 0 Å². The van der Waals surface area contributed by atoms with Crippen molar-refractivity contribution in [2.75, 3.05) is 26.2 Å². The van der Waals surface area contributed by atoms with E-state index in [9.17, 15) is 9.59 Å². The quantitative estimate of drug-likeness (QED) is 0.845. The van der Waals surface area contributed by atoms with Gasteiger partial charge in [-0.05, 0) is 11.4 Å². The molecular formula is C15H18N4O3S. The third-order valence-electron chi connectivity index (χ3n) is 3.84. The summed E-state index contributed by atoms with van der Waals surface area (Å²) >= 11 is 1.55. The molecule has 0 N–H and O–H groups in total. The summed E-state index contributed by atoms with van der Waals surface area (Å²) in [4.78, 5) is 32.3. The molecule has 3 rings (SSSR count). The van der Waals surface area contributed by atoms with E-state index in [-0.39, 0.29) is 11.8 Å². The molecular weight excluding hydrogens is 316 g/mol. The highest BCUT2D eigenvalue weighted by atomic mass is 32.1. The lowest BCUT2D eigenvalue weighted by atomic mass is 10.2. The van der Waals surface area contributed by atoms with Crippen molar-refractivity contribution < 1.29 is 14.1 Å². The van der Waals surface area contributed by atoms with Gasteiger partial charge in [0.2, 0.25) is 23.5 Å². The summed E-state index contributed by atoms with van der Waals surface area (Å²) in [5, 5.41) is 5.89. The van der Waals surface area contributed by atoms with Gasteiger partial charge in [-0.15, -0.1) is 11.3 Å². The smallest absolute Gasteiger partial charge is 0.227 e. The highest BCUT2D eigenvalue weighted by Gasteiger charge is 2.22. The molecule has 0 aromatic carbocycles. The van der Waals surface area contributed by atoms with E-state index in [4.69, 9.17) is 4.52 Å². The molecule has 0 saturated carbocycles. The normalized spacial score (nSPS) is 15.0. The van der Waals surface area contributed by atoms with Gasteiger partial charge in [-0.2, -0.15) is 4.98 Å². The van der Waals surface area contributed by atoms with E-state index in [0.29, 0.717) is 50.7 Å². The Hall–Kier alpha value is -2.22. The molecule has 8 heteroatoms. The zero-order valence-corrected chi connectivity index (χ0v) is 13.7. The van der Waals surface area contributed by atoms with Crippen molar-refractivity contribution in [2.24, 2.45) is 0 Å². The van der Waals surface area contributed by atoms with Crippen molar-refractivity contribution in [3.63, 3.8) is 0 Å². The zero-order chi connectivity index (χ0) is 16.2. The number of nitrogens with zero attached hydrogens (tertiary/aromatic N) is 4. The summed E-state index contributed by atoms with van der Waals surface area (Å²) in [5.41, 5.74) is 0. The fourth-order valence-electron chi connectivity index (χ4n) is 2.51. The maximum Gasteiger partial charge on any atom is 0.227 e. The Morgan fingerprint density at radius 1 is 1.26 bits per heavy atom. The number of carbonyl (C=O) groups is 2. The van der Waals surface area contributed by atoms with Crippen LogP contribution in [-0.4, -0.2) is 57.9 Å². The van der Waals surface area contributed by atoms with Gasteiger partial charge in [0.25, 0.3) is 0 Å². The molecule has 23 heavy (non-hydrogen) atoms. The van der Waals surface area contributed by atoms with E-state index >= 15 is 0 Å². The zero-order valence-electron chi connectivity index (χ0n) is 12.9. The molecule has 0 bridgehead atoms. The molecule has 1 fully saturated rings. The van der Waals surface area contributed by atoms with E-state index in [1.807, 2.05) is 17.5 Å². The Labute approximate surface area is 137 Å². The third-order valence-corrected chi connectivity index (χ3v) is 4.71. The highest BCUT2D eigenvalue weighted by Crippen LogP contribution is 2.21. The van der Waals surface area contributed by atoms with Gasteiger partial charge in [0.05, 0.1) is 4.88 Å². The molecule has 2 amide bonds. The molecule has 7 nitrogen and oxygen atoms in total. The number of aromatic nitrogens is 2. The minimum absolute atomic E-state index is 0.0593. The van der Waals surface area contributed by atoms with Crippen LogP contribution in [0.5, 0.6) is 0 Å². The average molecular weight is 334 g/mol. The average Bonchev–Trinajstić information content (AvgIpc) is 3.23. The van der Waals surface area contributed by atoms with Crippen LogP contribution in [0.4, 0.5) is 0 Å². The monoisotopic (exact) mass is 334 g/mol. The number of aryl methyl sites for hydroxylation is 1. The van der Waals surface area contributed by atoms with Gasteiger partial charge >= 0.3 is 0 Å². The maximum atomic E-state index is 12.2. The van der Waals surface area contributed by atoms with E-state index in [1.165, 1.54) is 0 Å². The van der Waals surface area contributed by atoms with Crippen LogP contribution in [0.15, 0.2) is 22.0 Å². The number of hydrogen-bond acceptors (Lipinski definition) is 6. The van der Waals surface area contributed by atoms with Crippen LogP contribution in [0.3, 0.4) is 0 Å². The van der Waals surface area contributed by atoms with Gasteiger partial charge < -0.3 is 14.3 Å². The van der Waals surface area contributed by atoms with Gasteiger partial charge in [-0.3, -0.25) is 9.59 Å². The summed E-state index contributed by atoms with van der Waals surface area (Å²) in [6, 6.07) is 3.86. The molecule has 2 aromatic rings. The molecule has 122 valence electrons. The number of rotatable bonds is 4. The first-order chi connectivity index (χ1) is 11.1. The summed E-state index contributed by atoms with van der Waals surface area (Å²) in [6.45, 7) is 3.93. The number of thiophene rings is 1. The number of carbonyl (C=O) groups excluding carboxylic acids is 2. The van der Waals surface area contributed by atoms with Crippen molar-refractivity contribution in [2.45, 2.75) is 19.8 Å². The number of hydrogen-bond donors (Lipinski definition) is 0. The molecule has 0 atom stereocenters. The van der Waals surface area contributed by atoms with E-state index < -0.39 is 0 Å². The van der Waals surface area contributed by atoms with Gasteiger partial charge in [0, 0.05) is 45.9 Å². The van der Waals surface area contributed by atoms with Crippen LogP contribution in [0.2, 0.25) is 0 Å². The largest absolute Gasteiger partial charge is 0.339 e. The summed E-state index contributed by atoms with van der Waals surface area (Å²) in [5.74, 6) is 1.16. The molecule has 0 spiro atoms. The summed E-state index contributed by atoms with van der Waals surface area (Å²) in [7, 11) is 0. The molecule has 0 radical (unpaired) electrons. The van der Waals surface area contributed by atoms with E-state index in [1.54, 1.807) is 28.1 Å². The van der Waals surface area contributed by atoms with Crippen LogP contribution in [0, 0.1) is 0 Å². The minimum atomic E-state index is 0.0593. The first kappa shape index (κ1) is 15.7. The van der Waals surface area contributed by atoms with Crippen LogP contribution in [-0.2, 0) is 16.0 Å². The first-order valence-electron chi connectivity index (χ1n) is 7.53. The molecule has 3 heterocycles. The molecule has 1 aliphatic rings. The van der Waals surface area contributed by atoms with E-state index in [2.05, 4.69) is 10.1 Å². The van der Waals surface area contributed by atoms with Crippen LogP contribution < -0.4 is 0 Å². The van der Waals surface area contributed by atoms with Crippen molar-refractivity contribution in [1.82, 2.24) is 19.9 Å². The summed E-state index contributed by atoms with van der Waals surface area (Å²) in [6.07, 6.45) is 0.774.